The van der Waals surface area contributed by atoms with Crippen LogP contribution in [0.3, 0.4) is 0 Å². The van der Waals surface area contributed by atoms with E-state index in [-0.39, 0.29) is 5.91 Å². The largest absolute Gasteiger partial charge is 0.396 e. The maximum absolute atomic E-state index is 13.2. The summed E-state index contributed by atoms with van der Waals surface area (Å²) in [5.41, 5.74) is 6.73. The van der Waals surface area contributed by atoms with Crippen LogP contribution >= 0.6 is 35.1 Å². The Morgan fingerprint density at radius 3 is 2.67 bits per heavy atom. The van der Waals surface area contributed by atoms with Crippen LogP contribution in [0.25, 0.3) is 0 Å². The summed E-state index contributed by atoms with van der Waals surface area (Å²) in [4.78, 5) is 15.9. The number of piperidine rings is 1. The van der Waals surface area contributed by atoms with Crippen LogP contribution in [0.15, 0.2) is 35.4 Å². The zero-order chi connectivity index (χ0) is 21.7. The standard InChI is InChI=1S/C21H25Cl2N5OS/c1-14-4-8-28(9-5-14)21(29)19(6-10-27-7-2-3-15(27)13-24)26-30-16-11-17(22)20(25)18(23)12-16/h2-3,7,11-12,14,19,26H,4-6,8-10,25H2,1H3. The van der Waals surface area contributed by atoms with Gasteiger partial charge in [-0.15, -0.1) is 0 Å². The first-order chi connectivity index (χ1) is 14.4. The Morgan fingerprint density at radius 1 is 1.37 bits per heavy atom. The minimum Gasteiger partial charge on any atom is -0.396 e. The van der Waals surface area contributed by atoms with Crippen molar-refractivity contribution in [1.29, 1.82) is 5.26 Å². The summed E-state index contributed by atoms with van der Waals surface area (Å²) in [6.07, 6.45) is 4.45. The van der Waals surface area contributed by atoms with E-state index in [9.17, 15) is 10.1 Å². The van der Waals surface area contributed by atoms with Crippen LogP contribution in [0.1, 0.15) is 31.9 Å². The lowest BCUT2D eigenvalue weighted by atomic mass is 9.98. The van der Waals surface area contributed by atoms with Crippen molar-refractivity contribution >= 4 is 46.7 Å². The lowest BCUT2D eigenvalue weighted by Crippen LogP contribution is -2.47. The third-order valence-corrected chi connectivity index (χ3v) is 6.87. The number of nitriles is 1. The second-order valence-electron chi connectivity index (χ2n) is 7.57. The smallest absolute Gasteiger partial charge is 0.240 e. The minimum absolute atomic E-state index is 0.0766. The topological polar surface area (TPSA) is 87.1 Å². The molecular formula is C21H25Cl2N5OS. The number of hydrogen-bond donors (Lipinski definition) is 2. The Labute approximate surface area is 191 Å². The van der Waals surface area contributed by atoms with Crippen molar-refractivity contribution in [2.75, 3.05) is 18.8 Å². The highest BCUT2D eigenvalue weighted by Gasteiger charge is 2.27. The van der Waals surface area contributed by atoms with Crippen LogP contribution in [-0.4, -0.2) is 34.5 Å². The van der Waals surface area contributed by atoms with Gasteiger partial charge in [0.1, 0.15) is 11.8 Å². The maximum atomic E-state index is 13.2. The Bertz CT molecular complexity index is 911. The summed E-state index contributed by atoms with van der Waals surface area (Å²) in [5, 5.41) is 10.00. The Kier molecular flexibility index (Phi) is 7.95. The molecule has 0 radical (unpaired) electrons. The van der Waals surface area contributed by atoms with Crippen molar-refractivity contribution in [1.82, 2.24) is 14.2 Å². The highest BCUT2D eigenvalue weighted by Crippen LogP contribution is 2.32. The van der Waals surface area contributed by atoms with Crippen molar-refractivity contribution in [2.24, 2.45) is 5.92 Å². The zero-order valence-electron chi connectivity index (χ0n) is 16.8. The molecule has 0 saturated carbocycles. The molecular weight excluding hydrogens is 441 g/mol. The summed E-state index contributed by atoms with van der Waals surface area (Å²) in [6, 6.07) is 8.82. The van der Waals surface area contributed by atoms with E-state index in [0.717, 1.165) is 30.8 Å². The van der Waals surface area contributed by atoms with Gasteiger partial charge in [0.2, 0.25) is 5.91 Å². The van der Waals surface area contributed by atoms with Gasteiger partial charge in [0.15, 0.2) is 0 Å². The first-order valence-corrected chi connectivity index (χ1v) is 11.5. The van der Waals surface area contributed by atoms with Crippen molar-refractivity contribution < 1.29 is 4.79 Å². The summed E-state index contributed by atoms with van der Waals surface area (Å²) in [6.45, 7) is 4.33. The molecule has 1 aliphatic heterocycles. The first-order valence-electron chi connectivity index (χ1n) is 9.90. The Hall–Kier alpha value is -1.85. The molecule has 1 saturated heterocycles. The van der Waals surface area contributed by atoms with Crippen molar-refractivity contribution in [3.8, 4) is 6.07 Å². The van der Waals surface area contributed by atoms with E-state index >= 15 is 0 Å². The number of carbonyl (C=O) groups excluding carboxylic acids is 1. The summed E-state index contributed by atoms with van der Waals surface area (Å²) in [5.74, 6) is 0.722. The zero-order valence-corrected chi connectivity index (χ0v) is 19.1. The van der Waals surface area contributed by atoms with Gasteiger partial charge in [-0.1, -0.05) is 30.1 Å². The number of nitrogens with one attached hydrogen (secondary N) is 1. The number of likely N-dealkylation sites (tertiary alicyclic amines) is 1. The molecule has 160 valence electrons. The fraction of sp³-hybridized carbons (Fsp3) is 0.429. The number of nitrogen functional groups attached to an aromatic ring is 1. The van der Waals surface area contributed by atoms with Crippen molar-refractivity contribution in [3.63, 3.8) is 0 Å². The van der Waals surface area contributed by atoms with Crippen molar-refractivity contribution in [2.45, 2.75) is 43.7 Å². The second-order valence-corrected chi connectivity index (χ2v) is 9.29. The van der Waals surface area contributed by atoms with Crippen LogP contribution in [0.4, 0.5) is 5.69 Å². The van der Waals surface area contributed by atoms with E-state index in [0.29, 0.717) is 40.3 Å². The van der Waals surface area contributed by atoms with E-state index in [2.05, 4.69) is 17.7 Å². The predicted octanol–water partition coefficient (Wildman–Crippen LogP) is 4.56. The molecule has 2 heterocycles. The number of anilines is 1. The highest BCUT2D eigenvalue weighted by molar-refractivity contribution is 7.97. The van der Waals surface area contributed by atoms with Crippen LogP contribution < -0.4 is 10.5 Å². The molecule has 1 aliphatic rings. The van der Waals surface area contributed by atoms with Crippen LogP contribution in [0.5, 0.6) is 0 Å². The normalized spacial score (nSPS) is 15.7. The molecule has 1 aromatic carbocycles. The molecule has 1 unspecified atom stereocenters. The Morgan fingerprint density at radius 2 is 2.03 bits per heavy atom. The molecule has 1 fully saturated rings. The molecule has 0 spiro atoms. The summed E-state index contributed by atoms with van der Waals surface area (Å²) < 4.78 is 5.15. The number of hydrogen-bond acceptors (Lipinski definition) is 5. The monoisotopic (exact) mass is 465 g/mol. The van der Waals surface area contributed by atoms with Crippen LogP contribution in [-0.2, 0) is 11.3 Å². The predicted molar refractivity (Wildman–Crippen MR) is 122 cm³/mol. The van der Waals surface area contributed by atoms with Gasteiger partial charge in [0.25, 0.3) is 0 Å². The fourth-order valence-corrected chi connectivity index (χ4v) is 4.89. The highest BCUT2D eigenvalue weighted by atomic mass is 35.5. The number of aromatic nitrogens is 1. The molecule has 3 N–H and O–H groups in total. The molecule has 6 nitrogen and oxygen atoms in total. The van der Waals surface area contributed by atoms with Gasteiger partial charge >= 0.3 is 0 Å². The van der Waals surface area contributed by atoms with Gasteiger partial charge in [-0.25, -0.2) is 4.72 Å². The summed E-state index contributed by atoms with van der Waals surface area (Å²) in [7, 11) is 0. The van der Waals surface area contributed by atoms with E-state index in [4.69, 9.17) is 28.9 Å². The third kappa shape index (κ3) is 5.64. The van der Waals surface area contributed by atoms with Gasteiger partial charge < -0.3 is 15.2 Å². The Balaban J connectivity index is 1.71. The maximum Gasteiger partial charge on any atom is 0.240 e. The molecule has 9 heteroatoms. The molecule has 1 atom stereocenters. The van der Waals surface area contributed by atoms with E-state index in [1.54, 1.807) is 18.2 Å². The molecule has 1 aromatic heterocycles. The van der Waals surface area contributed by atoms with Gasteiger partial charge in [0.05, 0.1) is 21.8 Å². The summed E-state index contributed by atoms with van der Waals surface area (Å²) >= 11 is 13.6. The average Bonchev–Trinajstić information content (AvgIpc) is 3.19. The molecule has 30 heavy (non-hydrogen) atoms. The lowest BCUT2D eigenvalue weighted by molar-refractivity contribution is -0.134. The number of carbonyl (C=O) groups is 1. The van der Waals surface area contributed by atoms with Crippen LogP contribution in [0.2, 0.25) is 10.0 Å². The number of halogens is 2. The number of nitrogens with zero attached hydrogens (tertiary/aromatic N) is 3. The number of rotatable bonds is 7. The fourth-order valence-electron chi connectivity index (χ4n) is 3.42. The molecule has 0 aliphatic carbocycles. The van der Waals surface area contributed by atoms with Crippen molar-refractivity contribution in [3.05, 3.63) is 46.2 Å². The second kappa shape index (κ2) is 10.5. The number of benzene rings is 1. The molecule has 3 rings (SSSR count). The SMILES string of the molecule is CC1CCN(C(=O)C(CCn2cccc2C#N)NSc2cc(Cl)c(N)c(Cl)c2)CC1. The molecule has 1 amide bonds. The minimum atomic E-state index is -0.410. The third-order valence-electron chi connectivity index (χ3n) is 5.37. The van der Waals surface area contributed by atoms with Gasteiger partial charge in [-0.3, -0.25) is 4.79 Å². The lowest BCUT2D eigenvalue weighted by Gasteiger charge is -2.33. The quantitative estimate of drug-likeness (QED) is 0.461. The average molecular weight is 466 g/mol. The molecule has 2 aromatic rings. The number of nitrogens with two attached hydrogens (primary N) is 1. The van der Waals surface area contributed by atoms with Crippen LogP contribution in [0, 0.1) is 17.2 Å². The number of aryl methyl sites for hydroxylation is 1. The van der Waals surface area contributed by atoms with Gasteiger partial charge in [-0.05, 0) is 61.4 Å². The van der Waals surface area contributed by atoms with E-state index in [1.807, 2.05) is 21.7 Å². The van der Waals surface area contributed by atoms with E-state index < -0.39 is 6.04 Å². The van der Waals surface area contributed by atoms with Gasteiger partial charge in [0, 0.05) is 30.7 Å². The number of amides is 1. The molecule has 0 bridgehead atoms. The first kappa shape index (κ1) is 22.8. The van der Waals surface area contributed by atoms with E-state index in [1.165, 1.54) is 11.9 Å². The van der Waals surface area contributed by atoms with Gasteiger partial charge in [-0.2, -0.15) is 5.26 Å².